The van der Waals surface area contributed by atoms with Crippen LogP contribution in [0.4, 0.5) is 0 Å². The van der Waals surface area contributed by atoms with Crippen molar-refractivity contribution in [3.05, 3.63) is 69.7 Å². The highest BCUT2D eigenvalue weighted by molar-refractivity contribution is 9.10. The van der Waals surface area contributed by atoms with E-state index in [0.717, 1.165) is 4.47 Å². The lowest BCUT2D eigenvalue weighted by Gasteiger charge is -2.23. The number of aliphatic carboxylic acids is 1. The first-order valence-corrected chi connectivity index (χ1v) is 9.62. The standard InChI is InChI=1S/C21H23BrO3/c22-18-12-10-17(11-13-18)20(23)19(21(24)25)16-8-6-15(7-9-16)14-4-2-1-3-5-14/h6-14,19-20,23H,1-5H2,(H,24,25). The van der Waals surface area contributed by atoms with E-state index in [1.807, 2.05) is 36.4 Å². The monoisotopic (exact) mass is 402 g/mol. The zero-order chi connectivity index (χ0) is 17.8. The van der Waals surface area contributed by atoms with Crippen molar-refractivity contribution in [3.8, 4) is 0 Å². The number of carboxylic acid groups (broad SMARTS) is 1. The van der Waals surface area contributed by atoms with Crippen LogP contribution in [0.15, 0.2) is 53.0 Å². The van der Waals surface area contributed by atoms with Gasteiger partial charge in [0.2, 0.25) is 0 Å². The third kappa shape index (κ3) is 4.31. The van der Waals surface area contributed by atoms with Crippen molar-refractivity contribution in [2.24, 2.45) is 0 Å². The van der Waals surface area contributed by atoms with E-state index < -0.39 is 18.0 Å². The quantitative estimate of drug-likeness (QED) is 0.703. The van der Waals surface area contributed by atoms with E-state index >= 15 is 0 Å². The number of aliphatic hydroxyl groups excluding tert-OH is 1. The summed E-state index contributed by atoms with van der Waals surface area (Å²) in [7, 11) is 0. The Balaban J connectivity index is 1.82. The Labute approximate surface area is 156 Å². The molecular weight excluding hydrogens is 380 g/mol. The van der Waals surface area contributed by atoms with Crippen molar-refractivity contribution < 1.29 is 15.0 Å². The minimum atomic E-state index is -1.08. The Kier molecular flexibility index (Phi) is 5.92. The van der Waals surface area contributed by atoms with Gasteiger partial charge in [-0.1, -0.05) is 71.6 Å². The molecule has 1 fully saturated rings. The van der Waals surface area contributed by atoms with E-state index in [9.17, 15) is 15.0 Å². The van der Waals surface area contributed by atoms with E-state index in [1.165, 1.54) is 37.7 Å². The molecule has 2 N–H and O–H groups in total. The maximum Gasteiger partial charge on any atom is 0.314 e. The molecule has 2 atom stereocenters. The average Bonchev–Trinajstić information content (AvgIpc) is 2.63. The summed E-state index contributed by atoms with van der Waals surface area (Å²) in [6.07, 6.45) is 5.20. The minimum Gasteiger partial charge on any atom is -0.481 e. The molecule has 3 rings (SSSR count). The predicted octanol–water partition coefficient (Wildman–Crippen LogP) is 5.40. The highest BCUT2D eigenvalue weighted by atomic mass is 79.9. The highest BCUT2D eigenvalue weighted by Crippen LogP contribution is 2.35. The molecule has 0 spiro atoms. The van der Waals surface area contributed by atoms with E-state index in [2.05, 4.69) is 15.9 Å². The lowest BCUT2D eigenvalue weighted by molar-refractivity contribution is -0.141. The molecule has 0 aliphatic heterocycles. The van der Waals surface area contributed by atoms with Gasteiger partial charge in [-0.3, -0.25) is 4.79 Å². The maximum atomic E-state index is 11.8. The lowest BCUT2D eigenvalue weighted by Crippen LogP contribution is -2.20. The fourth-order valence-electron chi connectivity index (χ4n) is 3.72. The number of aliphatic hydroxyl groups is 1. The van der Waals surface area contributed by atoms with Gasteiger partial charge in [0, 0.05) is 4.47 Å². The van der Waals surface area contributed by atoms with E-state index in [4.69, 9.17) is 0 Å². The van der Waals surface area contributed by atoms with Crippen molar-refractivity contribution in [2.75, 3.05) is 0 Å². The molecule has 1 aliphatic rings. The van der Waals surface area contributed by atoms with E-state index in [1.54, 1.807) is 12.1 Å². The maximum absolute atomic E-state index is 11.8. The van der Waals surface area contributed by atoms with Gasteiger partial charge in [0.05, 0.1) is 6.10 Å². The number of carboxylic acids is 1. The van der Waals surface area contributed by atoms with Crippen molar-refractivity contribution in [1.82, 2.24) is 0 Å². The number of benzene rings is 2. The van der Waals surface area contributed by atoms with Gasteiger partial charge >= 0.3 is 5.97 Å². The molecule has 0 aromatic heterocycles. The predicted molar refractivity (Wildman–Crippen MR) is 102 cm³/mol. The van der Waals surface area contributed by atoms with E-state index in [-0.39, 0.29) is 0 Å². The van der Waals surface area contributed by atoms with Crippen LogP contribution in [0.25, 0.3) is 0 Å². The second-order valence-corrected chi connectivity index (χ2v) is 7.73. The molecule has 0 radical (unpaired) electrons. The van der Waals surface area contributed by atoms with Crippen molar-refractivity contribution in [1.29, 1.82) is 0 Å². The molecule has 4 heteroatoms. The Hall–Kier alpha value is -1.65. The fourth-order valence-corrected chi connectivity index (χ4v) is 3.99. The fraction of sp³-hybridized carbons (Fsp3) is 0.381. The van der Waals surface area contributed by atoms with Crippen LogP contribution in [0, 0.1) is 0 Å². The largest absolute Gasteiger partial charge is 0.481 e. The first-order valence-electron chi connectivity index (χ1n) is 8.82. The zero-order valence-electron chi connectivity index (χ0n) is 14.1. The first kappa shape index (κ1) is 18.2. The van der Waals surface area contributed by atoms with Crippen LogP contribution in [0.3, 0.4) is 0 Å². The van der Waals surface area contributed by atoms with Gasteiger partial charge in [-0.15, -0.1) is 0 Å². The van der Waals surface area contributed by atoms with Crippen LogP contribution in [-0.2, 0) is 4.79 Å². The summed E-state index contributed by atoms with van der Waals surface area (Å²) in [5.74, 6) is -1.40. The van der Waals surface area contributed by atoms with Gasteiger partial charge in [0.15, 0.2) is 0 Å². The van der Waals surface area contributed by atoms with Gasteiger partial charge in [-0.25, -0.2) is 0 Å². The number of hydrogen-bond acceptors (Lipinski definition) is 2. The van der Waals surface area contributed by atoms with Crippen LogP contribution < -0.4 is 0 Å². The topological polar surface area (TPSA) is 57.5 Å². The first-order chi connectivity index (χ1) is 12.1. The molecule has 25 heavy (non-hydrogen) atoms. The molecule has 2 aromatic rings. The van der Waals surface area contributed by atoms with Crippen molar-refractivity contribution in [2.45, 2.75) is 50.0 Å². The summed E-state index contributed by atoms with van der Waals surface area (Å²) in [5, 5.41) is 20.3. The normalized spacial score (nSPS) is 17.8. The Morgan fingerprint density at radius 2 is 1.48 bits per heavy atom. The number of hydrogen-bond donors (Lipinski definition) is 2. The molecule has 1 aliphatic carbocycles. The van der Waals surface area contributed by atoms with Crippen LogP contribution in [0.1, 0.15) is 66.7 Å². The summed E-state index contributed by atoms with van der Waals surface area (Å²) in [5.41, 5.74) is 2.53. The summed E-state index contributed by atoms with van der Waals surface area (Å²) in [4.78, 5) is 11.8. The highest BCUT2D eigenvalue weighted by Gasteiger charge is 2.29. The molecule has 2 aromatic carbocycles. The Morgan fingerprint density at radius 3 is 2.04 bits per heavy atom. The third-order valence-corrected chi connectivity index (χ3v) is 5.69. The molecule has 1 saturated carbocycles. The number of carbonyl (C=O) groups is 1. The molecule has 0 saturated heterocycles. The van der Waals surface area contributed by atoms with Gasteiger partial charge < -0.3 is 10.2 Å². The molecule has 132 valence electrons. The zero-order valence-corrected chi connectivity index (χ0v) is 15.7. The van der Waals surface area contributed by atoms with Gasteiger partial charge in [0.1, 0.15) is 5.92 Å². The molecule has 0 amide bonds. The van der Waals surface area contributed by atoms with Crippen molar-refractivity contribution in [3.63, 3.8) is 0 Å². The van der Waals surface area contributed by atoms with Crippen LogP contribution in [0.2, 0.25) is 0 Å². The lowest BCUT2D eigenvalue weighted by atomic mass is 9.82. The Bertz CT molecular complexity index is 703. The second-order valence-electron chi connectivity index (χ2n) is 6.81. The number of rotatable bonds is 5. The average molecular weight is 403 g/mol. The summed E-state index contributed by atoms with van der Waals surface area (Å²) >= 11 is 3.35. The molecule has 3 nitrogen and oxygen atoms in total. The van der Waals surface area contributed by atoms with E-state index in [0.29, 0.717) is 17.0 Å². The minimum absolute atomic E-state index is 0.586. The summed E-state index contributed by atoms with van der Waals surface area (Å²) in [6.45, 7) is 0. The van der Waals surface area contributed by atoms with Crippen molar-refractivity contribution >= 4 is 21.9 Å². The molecule has 0 heterocycles. The summed E-state index contributed by atoms with van der Waals surface area (Å²) < 4.78 is 0.896. The summed E-state index contributed by atoms with van der Waals surface area (Å²) in [6, 6.07) is 14.9. The molecule has 0 bridgehead atoms. The number of halogens is 1. The second kappa shape index (κ2) is 8.15. The van der Waals surface area contributed by atoms with Crippen LogP contribution in [0.5, 0.6) is 0 Å². The van der Waals surface area contributed by atoms with Crippen LogP contribution in [-0.4, -0.2) is 16.2 Å². The van der Waals surface area contributed by atoms with Gasteiger partial charge in [-0.05, 0) is 47.6 Å². The SMILES string of the molecule is O=C(O)C(c1ccc(C2CCCCC2)cc1)C(O)c1ccc(Br)cc1. The van der Waals surface area contributed by atoms with Crippen LogP contribution >= 0.6 is 15.9 Å². The van der Waals surface area contributed by atoms with Gasteiger partial charge in [0.25, 0.3) is 0 Å². The Morgan fingerprint density at radius 1 is 0.920 bits per heavy atom. The molecule has 2 unspecified atom stereocenters. The third-order valence-electron chi connectivity index (χ3n) is 5.17. The molecular formula is C21H23BrO3. The smallest absolute Gasteiger partial charge is 0.314 e. The van der Waals surface area contributed by atoms with Gasteiger partial charge in [-0.2, -0.15) is 0 Å².